The summed E-state index contributed by atoms with van der Waals surface area (Å²) in [4.78, 5) is 36.3. The third-order valence-electron chi connectivity index (χ3n) is 3.67. The van der Waals surface area contributed by atoms with Crippen LogP contribution in [0.1, 0.15) is 35.7 Å². The van der Waals surface area contributed by atoms with Gasteiger partial charge >= 0.3 is 5.97 Å². The van der Waals surface area contributed by atoms with Crippen molar-refractivity contribution in [2.24, 2.45) is 0 Å². The maximum atomic E-state index is 12.6. The Morgan fingerprint density at radius 3 is 2.67 bits per heavy atom. The van der Waals surface area contributed by atoms with Crippen molar-refractivity contribution < 1.29 is 19.5 Å². The highest BCUT2D eigenvalue weighted by Gasteiger charge is 2.35. The van der Waals surface area contributed by atoms with E-state index >= 15 is 0 Å². The standard InChI is InChI=1S/C15H18N2O4/c1-9-11(5-3-6-12(9)16-10(2)18)14(19)17-8-4-7-13(17)15(20)21/h3,5-6,13H,4,7-8H2,1-2H3,(H,16,18)(H,20,21)/t13-/m1/s1. The molecule has 0 unspecified atom stereocenters. The van der Waals surface area contributed by atoms with E-state index in [1.807, 2.05) is 0 Å². The first-order chi connectivity index (χ1) is 9.91. The number of carboxylic acids is 1. The van der Waals surface area contributed by atoms with Gasteiger partial charge in [0.2, 0.25) is 5.91 Å². The van der Waals surface area contributed by atoms with Gasteiger partial charge in [-0.25, -0.2) is 4.79 Å². The number of nitrogens with one attached hydrogen (secondary N) is 1. The summed E-state index contributed by atoms with van der Waals surface area (Å²) in [6.45, 7) is 3.58. The molecule has 1 saturated heterocycles. The molecule has 2 rings (SSSR count). The lowest BCUT2D eigenvalue weighted by Crippen LogP contribution is -2.40. The molecule has 1 aliphatic rings. The zero-order chi connectivity index (χ0) is 15.6. The minimum atomic E-state index is -0.975. The molecule has 6 nitrogen and oxygen atoms in total. The Morgan fingerprint density at radius 1 is 1.33 bits per heavy atom. The second-order valence-corrected chi connectivity index (χ2v) is 5.15. The predicted octanol–water partition coefficient (Wildman–Crippen LogP) is 1.64. The largest absolute Gasteiger partial charge is 0.480 e. The van der Waals surface area contributed by atoms with Gasteiger partial charge in [-0.05, 0) is 37.5 Å². The monoisotopic (exact) mass is 290 g/mol. The molecule has 0 bridgehead atoms. The van der Waals surface area contributed by atoms with Crippen molar-refractivity contribution in [3.8, 4) is 0 Å². The molecule has 0 saturated carbocycles. The molecule has 2 amide bonds. The summed E-state index contributed by atoms with van der Waals surface area (Å²) in [6, 6.07) is 4.28. The molecule has 2 N–H and O–H groups in total. The number of likely N-dealkylation sites (tertiary alicyclic amines) is 1. The van der Waals surface area contributed by atoms with Crippen LogP contribution in [0.5, 0.6) is 0 Å². The molecular formula is C15H18N2O4. The number of carboxylic acid groups (broad SMARTS) is 1. The van der Waals surface area contributed by atoms with Gasteiger partial charge in [0, 0.05) is 24.7 Å². The molecule has 21 heavy (non-hydrogen) atoms. The van der Waals surface area contributed by atoms with Crippen molar-refractivity contribution in [3.05, 3.63) is 29.3 Å². The maximum Gasteiger partial charge on any atom is 0.326 e. The molecule has 0 radical (unpaired) electrons. The van der Waals surface area contributed by atoms with Crippen LogP contribution in [-0.4, -0.2) is 40.4 Å². The number of benzene rings is 1. The molecule has 6 heteroatoms. The summed E-state index contributed by atoms with van der Waals surface area (Å²) >= 11 is 0. The number of hydrogen-bond donors (Lipinski definition) is 2. The number of anilines is 1. The first-order valence-corrected chi connectivity index (χ1v) is 6.82. The summed E-state index contributed by atoms with van der Waals surface area (Å²) in [6.07, 6.45) is 1.17. The minimum Gasteiger partial charge on any atom is -0.480 e. The summed E-state index contributed by atoms with van der Waals surface area (Å²) < 4.78 is 0. The maximum absolute atomic E-state index is 12.6. The van der Waals surface area contributed by atoms with E-state index in [0.717, 1.165) is 0 Å². The number of amides is 2. The number of aliphatic carboxylic acids is 1. The van der Waals surface area contributed by atoms with Gasteiger partial charge in [0.1, 0.15) is 6.04 Å². The highest BCUT2D eigenvalue weighted by Crippen LogP contribution is 2.25. The van der Waals surface area contributed by atoms with E-state index in [4.69, 9.17) is 0 Å². The van der Waals surface area contributed by atoms with Crippen LogP contribution in [0.3, 0.4) is 0 Å². The topological polar surface area (TPSA) is 86.7 Å². The number of rotatable bonds is 3. The number of carbonyl (C=O) groups excluding carboxylic acids is 2. The van der Waals surface area contributed by atoms with Gasteiger partial charge in [0.15, 0.2) is 0 Å². The molecule has 1 aromatic carbocycles. The van der Waals surface area contributed by atoms with Gasteiger partial charge in [-0.3, -0.25) is 9.59 Å². The minimum absolute atomic E-state index is 0.215. The average molecular weight is 290 g/mol. The van der Waals surface area contributed by atoms with Crippen molar-refractivity contribution in [2.75, 3.05) is 11.9 Å². The van der Waals surface area contributed by atoms with Crippen LogP contribution in [0.2, 0.25) is 0 Å². The van der Waals surface area contributed by atoms with Gasteiger partial charge in [-0.2, -0.15) is 0 Å². The van der Waals surface area contributed by atoms with E-state index in [0.29, 0.717) is 36.2 Å². The van der Waals surface area contributed by atoms with Crippen LogP contribution < -0.4 is 5.32 Å². The molecule has 1 heterocycles. The van der Waals surface area contributed by atoms with Gasteiger partial charge in [0.05, 0.1) is 0 Å². The highest BCUT2D eigenvalue weighted by atomic mass is 16.4. The first-order valence-electron chi connectivity index (χ1n) is 6.82. The highest BCUT2D eigenvalue weighted by molar-refractivity contribution is 6.00. The normalized spacial score (nSPS) is 17.6. The zero-order valence-electron chi connectivity index (χ0n) is 12.0. The number of hydrogen-bond acceptors (Lipinski definition) is 3. The van der Waals surface area contributed by atoms with Crippen LogP contribution in [0.4, 0.5) is 5.69 Å². The molecule has 1 aliphatic heterocycles. The number of carbonyl (C=O) groups is 3. The van der Waals surface area contributed by atoms with Crippen LogP contribution in [-0.2, 0) is 9.59 Å². The molecular weight excluding hydrogens is 272 g/mol. The van der Waals surface area contributed by atoms with Crippen molar-refractivity contribution >= 4 is 23.5 Å². The fourth-order valence-electron chi connectivity index (χ4n) is 2.61. The first kappa shape index (κ1) is 15.0. The Hall–Kier alpha value is -2.37. The number of nitrogens with zero attached hydrogens (tertiary/aromatic N) is 1. The predicted molar refractivity (Wildman–Crippen MR) is 77.2 cm³/mol. The van der Waals surface area contributed by atoms with E-state index in [9.17, 15) is 19.5 Å². The van der Waals surface area contributed by atoms with E-state index in [1.54, 1.807) is 25.1 Å². The molecule has 0 aromatic heterocycles. The van der Waals surface area contributed by atoms with E-state index in [2.05, 4.69) is 5.32 Å². The van der Waals surface area contributed by atoms with Crippen molar-refractivity contribution in [1.82, 2.24) is 4.90 Å². The Morgan fingerprint density at radius 2 is 2.05 bits per heavy atom. The molecule has 1 aromatic rings. The SMILES string of the molecule is CC(=O)Nc1cccc(C(=O)N2CCC[C@@H]2C(=O)O)c1C. The lowest BCUT2D eigenvalue weighted by molar-refractivity contribution is -0.141. The van der Waals surface area contributed by atoms with Crippen molar-refractivity contribution in [3.63, 3.8) is 0 Å². The smallest absolute Gasteiger partial charge is 0.326 e. The van der Waals surface area contributed by atoms with Crippen LogP contribution in [0.15, 0.2) is 18.2 Å². The van der Waals surface area contributed by atoms with Gasteiger partial charge < -0.3 is 15.3 Å². The summed E-state index contributed by atoms with van der Waals surface area (Å²) in [5.41, 5.74) is 1.64. The molecule has 1 fully saturated rings. The van der Waals surface area contributed by atoms with E-state index in [-0.39, 0.29) is 11.8 Å². The van der Waals surface area contributed by atoms with Crippen LogP contribution in [0.25, 0.3) is 0 Å². The molecule has 1 atom stereocenters. The van der Waals surface area contributed by atoms with E-state index < -0.39 is 12.0 Å². The second kappa shape index (κ2) is 5.95. The van der Waals surface area contributed by atoms with Crippen LogP contribution in [0, 0.1) is 6.92 Å². The summed E-state index contributed by atoms with van der Waals surface area (Å²) in [5.74, 6) is -1.49. The molecule has 0 aliphatic carbocycles. The Labute approximate surface area is 122 Å². The fourth-order valence-corrected chi connectivity index (χ4v) is 2.61. The lowest BCUT2D eigenvalue weighted by atomic mass is 10.0. The zero-order valence-corrected chi connectivity index (χ0v) is 12.0. The summed E-state index contributed by atoms with van der Waals surface area (Å²) in [5, 5.41) is 11.8. The molecule has 112 valence electrons. The third kappa shape index (κ3) is 3.04. The Bertz CT molecular complexity index is 597. The van der Waals surface area contributed by atoms with Crippen molar-refractivity contribution in [2.45, 2.75) is 32.7 Å². The average Bonchev–Trinajstić information content (AvgIpc) is 2.89. The third-order valence-corrected chi connectivity index (χ3v) is 3.67. The fraction of sp³-hybridized carbons (Fsp3) is 0.400. The summed E-state index contributed by atoms with van der Waals surface area (Å²) in [7, 11) is 0. The Kier molecular flexibility index (Phi) is 4.26. The van der Waals surface area contributed by atoms with Crippen molar-refractivity contribution in [1.29, 1.82) is 0 Å². The van der Waals surface area contributed by atoms with Crippen LogP contribution >= 0.6 is 0 Å². The molecule has 0 spiro atoms. The van der Waals surface area contributed by atoms with Gasteiger partial charge in [0.25, 0.3) is 5.91 Å². The van der Waals surface area contributed by atoms with Gasteiger partial charge in [-0.15, -0.1) is 0 Å². The Balaban J connectivity index is 2.31. The van der Waals surface area contributed by atoms with Gasteiger partial charge in [-0.1, -0.05) is 6.07 Å². The lowest BCUT2D eigenvalue weighted by Gasteiger charge is -2.23. The van der Waals surface area contributed by atoms with E-state index in [1.165, 1.54) is 11.8 Å². The second-order valence-electron chi connectivity index (χ2n) is 5.15. The quantitative estimate of drug-likeness (QED) is 0.886.